The number of nitrogens with zero attached hydrogens (tertiary/aromatic N) is 2. The monoisotopic (exact) mass is 532 g/mol. The second-order valence-corrected chi connectivity index (χ2v) is 9.34. The zero-order chi connectivity index (χ0) is 22.5. The number of carbonyl (C=O) groups is 1. The molecule has 0 bridgehead atoms. The van der Waals surface area contributed by atoms with Gasteiger partial charge in [0.05, 0.1) is 5.02 Å². The van der Waals surface area contributed by atoms with Crippen molar-refractivity contribution in [2.24, 2.45) is 0 Å². The lowest BCUT2D eigenvalue weighted by atomic mass is 10.1. The fraction of sp³-hybridized carbons (Fsp3) is 0.240. The predicted molar refractivity (Wildman–Crippen MR) is 133 cm³/mol. The first-order chi connectivity index (χ1) is 15.5. The lowest BCUT2D eigenvalue weighted by Gasteiger charge is -2.35. The minimum absolute atomic E-state index is 0.0492. The Bertz CT molecular complexity index is 1100. The van der Waals surface area contributed by atoms with E-state index >= 15 is 0 Å². The number of benzene rings is 3. The van der Waals surface area contributed by atoms with E-state index in [4.69, 9.17) is 27.9 Å². The van der Waals surface area contributed by atoms with E-state index < -0.39 is 0 Å². The number of piperazine rings is 1. The van der Waals surface area contributed by atoms with E-state index in [2.05, 4.69) is 39.0 Å². The van der Waals surface area contributed by atoms with Gasteiger partial charge in [0.1, 0.15) is 17.4 Å². The molecule has 0 radical (unpaired) electrons. The van der Waals surface area contributed by atoms with Gasteiger partial charge in [0, 0.05) is 42.8 Å². The largest absolute Gasteiger partial charge is 0.487 e. The van der Waals surface area contributed by atoms with Gasteiger partial charge in [0.2, 0.25) is 0 Å². The van der Waals surface area contributed by atoms with Crippen molar-refractivity contribution in [1.82, 2.24) is 9.80 Å². The van der Waals surface area contributed by atoms with Gasteiger partial charge in [-0.3, -0.25) is 9.69 Å². The summed E-state index contributed by atoms with van der Waals surface area (Å²) in [7, 11) is 0. The smallest absolute Gasteiger partial charge is 0.253 e. The summed E-state index contributed by atoms with van der Waals surface area (Å²) in [5, 5.41) is 0.841. The highest BCUT2D eigenvalue weighted by atomic mass is 79.9. The van der Waals surface area contributed by atoms with Crippen molar-refractivity contribution < 1.29 is 9.53 Å². The molecule has 1 aliphatic rings. The molecule has 1 saturated heterocycles. The summed E-state index contributed by atoms with van der Waals surface area (Å²) in [6.45, 7) is 4.31. The average Bonchev–Trinajstić information content (AvgIpc) is 2.82. The number of hydrogen-bond acceptors (Lipinski definition) is 3. The highest BCUT2D eigenvalue weighted by Crippen LogP contribution is 2.32. The fourth-order valence-corrected chi connectivity index (χ4v) is 4.47. The van der Waals surface area contributed by atoms with Crippen LogP contribution in [0.25, 0.3) is 0 Å². The Morgan fingerprint density at radius 2 is 1.69 bits per heavy atom. The Labute approximate surface area is 206 Å². The van der Waals surface area contributed by atoms with Gasteiger partial charge in [0.25, 0.3) is 5.91 Å². The SMILES string of the molecule is O=C(c1cccc(COc2cccc(Cl)c2Cl)c1)N1CCN(Cc2ccccc2Br)CC1. The average molecular weight is 534 g/mol. The van der Waals surface area contributed by atoms with Crippen LogP contribution in [0, 0.1) is 0 Å². The highest BCUT2D eigenvalue weighted by molar-refractivity contribution is 9.10. The molecule has 166 valence electrons. The highest BCUT2D eigenvalue weighted by Gasteiger charge is 2.22. The molecular weight excluding hydrogens is 511 g/mol. The van der Waals surface area contributed by atoms with E-state index in [1.807, 2.05) is 35.2 Å². The molecule has 4 rings (SSSR count). The van der Waals surface area contributed by atoms with Crippen molar-refractivity contribution in [3.8, 4) is 5.75 Å². The van der Waals surface area contributed by atoms with Crippen LogP contribution >= 0.6 is 39.1 Å². The van der Waals surface area contributed by atoms with Crippen LogP contribution in [-0.4, -0.2) is 41.9 Å². The summed E-state index contributed by atoms with van der Waals surface area (Å²) in [5.74, 6) is 0.574. The maximum absolute atomic E-state index is 13.1. The first-order valence-corrected chi connectivity index (χ1v) is 12.0. The van der Waals surface area contributed by atoms with E-state index in [0.717, 1.165) is 29.7 Å². The van der Waals surface area contributed by atoms with E-state index in [1.165, 1.54) is 5.56 Å². The van der Waals surface area contributed by atoms with Gasteiger partial charge in [-0.15, -0.1) is 0 Å². The number of ether oxygens (including phenoxy) is 1. The van der Waals surface area contributed by atoms with Crippen molar-refractivity contribution >= 4 is 45.0 Å². The van der Waals surface area contributed by atoms with Crippen LogP contribution in [-0.2, 0) is 13.2 Å². The summed E-state index contributed by atoms with van der Waals surface area (Å²) in [5.41, 5.74) is 2.83. The van der Waals surface area contributed by atoms with Crippen molar-refractivity contribution in [3.63, 3.8) is 0 Å². The molecule has 1 heterocycles. The standard InChI is InChI=1S/C25H23BrCl2N2O2/c26-21-8-2-1-6-20(21)16-29-11-13-30(14-12-29)25(31)19-7-3-5-18(15-19)17-32-23-10-4-9-22(27)24(23)28/h1-10,15H,11-14,16-17H2. The molecule has 0 spiro atoms. The van der Waals surface area contributed by atoms with Gasteiger partial charge in [0.15, 0.2) is 0 Å². The Balaban J connectivity index is 1.34. The van der Waals surface area contributed by atoms with Crippen LogP contribution in [0.3, 0.4) is 0 Å². The molecule has 3 aromatic rings. The van der Waals surface area contributed by atoms with Crippen molar-refractivity contribution in [3.05, 3.63) is 97.9 Å². The van der Waals surface area contributed by atoms with E-state index in [9.17, 15) is 4.79 Å². The summed E-state index contributed by atoms with van der Waals surface area (Å²) in [6.07, 6.45) is 0. The number of carbonyl (C=O) groups excluding carboxylic acids is 1. The Hall–Kier alpha value is -2.05. The molecule has 7 heteroatoms. The van der Waals surface area contributed by atoms with Crippen LogP contribution in [0.4, 0.5) is 0 Å². The molecule has 0 unspecified atom stereocenters. The van der Waals surface area contributed by atoms with E-state index in [0.29, 0.717) is 41.1 Å². The van der Waals surface area contributed by atoms with Gasteiger partial charge in [-0.1, -0.05) is 75.5 Å². The van der Waals surface area contributed by atoms with Gasteiger partial charge in [-0.25, -0.2) is 0 Å². The molecular formula is C25H23BrCl2N2O2. The van der Waals surface area contributed by atoms with Crippen LogP contribution in [0.2, 0.25) is 10.0 Å². The van der Waals surface area contributed by atoms with Crippen molar-refractivity contribution in [1.29, 1.82) is 0 Å². The Morgan fingerprint density at radius 3 is 2.47 bits per heavy atom. The second kappa shape index (κ2) is 10.7. The molecule has 1 fully saturated rings. The molecule has 1 amide bonds. The minimum Gasteiger partial charge on any atom is -0.487 e. The number of hydrogen-bond donors (Lipinski definition) is 0. The van der Waals surface area contributed by atoms with Gasteiger partial charge in [-0.2, -0.15) is 0 Å². The molecule has 0 aromatic heterocycles. The van der Waals surface area contributed by atoms with Crippen LogP contribution in [0.1, 0.15) is 21.5 Å². The van der Waals surface area contributed by atoms with Crippen LogP contribution in [0.15, 0.2) is 71.2 Å². The molecule has 0 aliphatic carbocycles. The first-order valence-electron chi connectivity index (χ1n) is 10.4. The molecule has 0 N–H and O–H groups in total. The number of rotatable bonds is 6. The first kappa shape index (κ1) is 23.1. The predicted octanol–water partition coefficient (Wildman–Crippen LogP) is 6.29. The van der Waals surface area contributed by atoms with Gasteiger partial charge < -0.3 is 9.64 Å². The third-order valence-electron chi connectivity index (χ3n) is 5.50. The maximum atomic E-state index is 13.1. The van der Waals surface area contributed by atoms with Gasteiger partial charge in [-0.05, 0) is 41.5 Å². The molecule has 4 nitrogen and oxygen atoms in total. The zero-order valence-electron chi connectivity index (χ0n) is 17.4. The lowest BCUT2D eigenvalue weighted by Crippen LogP contribution is -2.48. The van der Waals surface area contributed by atoms with Gasteiger partial charge >= 0.3 is 0 Å². The summed E-state index contributed by atoms with van der Waals surface area (Å²) >= 11 is 15.8. The number of halogens is 3. The van der Waals surface area contributed by atoms with Crippen molar-refractivity contribution in [2.75, 3.05) is 26.2 Å². The summed E-state index contributed by atoms with van der Waals surface area (Å²) in [6, 6.07) is 21.1. The molecule has 0 atom stereocenters. The Morgan fingerprint density at radius 1 is 0.938 bits per heavy atom. The van der Waals surface area contributed by atoms with Crippen molar-refractivity contribution in [2.45, 2.75) is 13.2 Å². The van der Waals surface area contributed by atoms with E-state index in [-0.39, 0.29) is 5.91 Å². The quantitative estimate of drug-likeness (QED) is 0.373. The van der Waals surface area contributed by atoms with Crippen LogP contribution < -0.4 is 4.74 Å². The minimum atomic E-state index is 0.0492. The fourth-order valence-electron chi connectivity index (χ4n) is 3.71. The van der Waals surface area contributed by atoms with Crippen LogP contribution in [0.5, 0.6) is 5.75 Å². The Kier molecular flexibility index (Phi) is 7.74. The molecule has 32 heavy (non-hydrogen) atoms. The second-order valence-electron chi connectivity index (χ2n) is 7.70. The molecule has 0 saturated carbocycles. The topological polar surface area (TPSA) is 32.8 Å². The summed E-state index contributed by atoms with van der Waals surface area (Å²) in [4.78, 5) is 17.4. The van der Waals surface area contributed by atoms with E-state index in [1.54, 1.807) is 18.2 Å². The third-order valence-corrected chi connectivity index (χ3v) is 7.07. The lowest BCUT2D eigenvalue weighted by molar-refractivity contribution is 0.0628. The normalized spacial score (nSPS) is 14.4. The molecule has 1 aliphatic heterocycles. The zero-order valence-corrected chi connectivity index (χ0v) is 20.5. The maximum Gasteiger partial charge on any atom is 0.253 e. The third kappa shape index (κ3) is 5.65. The molecule has 3 aromatic carbocycles. The summed E-state index contributed by atoms with van der Waals surface area (Å²) < 4.78 is 6.93. The number of amides is 1.